The molecule has 0 spiro atoms. The van der Waals surface area contributed by atoms with Crippen molar-refractivity contribution in [2.45, 2.75) is 40.7 Å². The Morgan fingerprint density at radius 1 is 0.926 bits per heavy atom. The fourth-order valence-electron chi connectivity index (χ4n) is 2.75. The van der Waals surface area contributed by atoms with Gasteiger partial charge < -0.3 is 10.6 Å². The van der Waals surface area contributed by atoms with Gasteiger partial charge in [-0.1, -0.05) is 39.0 Å². The molecule has 2 N–H and O–H groups in total. The fourth-order valence-corrected chi connectivity index (χ4v) is 2.75. The first-order valence-electron chi connectivity index (χ1n) is 9.49. The van der Waals surface area contributed by atoms with Gasteiger partial charge in [-0.2, -0.15) is 0 Å². The van der Waals surface area contributed by atoms with E-state index in [-0.39, 0.29) is 11.8 Å². The molecule has 5 heteroatoms. The van der Waals surface area contributed by atoms with E-state index in [1.54, 1.807) is 13.0 Å². The minimum atomic E-state index is -0.161. The predicted molar refractivity (Wildman–Crippen MR) is 111 cm³/mol. The van der Waals surface area contributed by atoms with Crippen LogP contribution in [0.5, 0.6) is 0 Å². The topological polar surface area (TPSA) is 61.4 Å². The molecule has 0 unspecified atom stereocenters. The maximum absolute atomic E-state index is 12.6. The zero-order valence-electron chi connectivity index (χ0n) is 16.6. The van der Waals surface area contributed by atoms with Crippen LogP contribution in [-0.2, 0) is 11.3 Å². The van der Waals surface area contributed by atoms with Gasteiger partial charge in [0.25, 0.3) is 5.91 Å². The Balaban J connectivity index is 2.08. The van der Waals surface area contributed by atoms with Crippen molar-refractivity contribution >= 4 is 23.2 Å². The Hall–Kier alpha value is -2.66. The number of anilines is 2. The number of hydrogen-bond acceptors (Lipinski definition) is 3. The molecule has 144 valence electrons. The van der Waals surface area contributed by atoms with Crippen LogP contribution in [0.4, 0.5) is 11.4 Å². The summed E-state index contributed by atoms with van der Waals surface area (Å²) in [5.41, 5.74) is 4.12. The molecule has 0 bridgehead atoms. The molecule has 0 heterocycles. The average Bonchev–Trinajstić information content (AvgIpc) is 2.68. The largest absolute Gasteiger partial charge is 0.326 e. The van der Waals surface area contributed by atoms with Crippen LogP contribution in [0.2, 0.25) is 0 Å². The van der Waals surface area contributed by atoms with E-state index in [2.05, 4.69) is 29.4 Å². The van der Waals surface area contributed by atoms with Crippen LogP contribution >= 0.6 is 0 Å². The lowest BCUT2D eigenvalue weighted by Gasteiger charge is -2.18. The number of carbonyl (C=O) groups is 2. The molecule has 0 radical (unpaired) electrons. The molecule has 0 fully saturated rings. The van der Waals surface area contributed by atoms with Crippen molar-refractivity contribution < 1.29 is 9.59 Å². The first-order chi connectivity index (χ1) is 13.0. The van der Waals surface area contributed by atoms with E-state index >= 15 is 0 Å². The smallest absolute Gasteiger partial charge is 0.255 e. The van der Waals surface area contributed by atoms with Crippen LogP contribution in [0.3, 0.4) is 0 Å². The molecule has 27 heavy (non-hydrogen) atoms. The minimum Gasteiger partial charge on any atom is -0.326 e. The highest BCUT2D eigenvalue weighted by Crippen LogP contribution is 2.21. The third-order valence-corrected chi connectivity index (χ3v) is 4.61. The van der Waals surface area contributed by atoms with Crippen molar-refractivity contribution in [2.75, 3.05) is 23.7 Å². The van der Waals surface area contributed by atoms with Crippen molar-refractivity contribution in [1.82, 2.24) is 4.90 Å². The van der Waals surface area contributed by atoms with Gasteiger partial charge in [-0.3, -0.25) is 14.5 Å². The van der Waals surface area contributed by atoms with Crippen LogP contribution in [0.25, 0.3) is 0 Å². The molecule has 0 saturated heterocycles. The summed E-state index contributed by atoms with van der Waals surface area (Å²) in [6.07, 6.45) is 0.412. The van der Waals surface area contributed by atoms with Gasteiger partial charge in [-0.25, -0.2) is 0 Å². The first kappa shape index (κ1) is 20.6. The molecule has 2 amide bonds. The highest BCUT2D eigenvalue weighted by molar-refractivity contribution is 6.05. The van der Waals surface area contributed by atoms with Crippen LogP contribution in [0.15, 0.2) is 42.5 Å². The molecule has 0 aliphatic heterocycles. The monoisotopic (exact) mass is 367 g/mol. The summed E-state index contributed by atoms with van der Waals surface area (Å²) in [5.74, 6) is -0.216. The first-order valence-corrected chi connectivity index (χ1v) is 9.49. The molecule has 2 aromatic carbocycles. The van der Waals surface area contributed by atoms with Crippen molar-refractivity contribution in [3.05, 3.63) is 59.2 Å². The molecule has 0 aliphatic rings. The molecule has 0 aromatic heterocycles. The standard InChI is InChI=1S/C22H29N3O2/c1-5-21(26)23-19-13-8-16(4)20(14-19)24-22(27)18-11-9-17(10-12-18)15-25(6-2)7-3/h8-14H,5-7,15H2,1-4H3,(H,23,26)(H,24,27). The number of carbonyl (C=O) groups excluding carboxylic acids is 2. The summed E-state index contributed by atoms with van der Waals surface area (Å²) in [5, 5.41) is 5.75. The summed E-state index contributed by atoms with van der Waals surface area (Å²) in [6.45, 7) is 10.9. The molecular formula is C22H29N3O2. The van der Waals surface area contributed by atoms with E-state index in [0.717, 1.165) is 25.2 Å². The van der Waals surface area contributed by atoms with E-state index in [1.807, 2.05) is 43.3 Å². The van der Waals surface area contributed by atoms with E-state index < -0.39 is 0 Å². The highest BCUT2D eigenvalue weighted by atomic mass is 16.2. The zero-order valence-corrected chi connectivity index (χ0v) is 16.6. The fraction of sp³-hybridized carbons (Fsp3) is 0.364. The maximum Gasteiger partial charge on any atom is 0.255 e. The minimum absolute atomic E-state index is 0.0556. The second-order valence-corrected chi connectivity index (χ2v) is 6.54. The number of hydrogen-bond donors (Lipinski definition) is 2. The Kier molecular flexibility index (Phi) is 7.55. The van der Waals surface area contributed by atoms with Gasteiger partial charge in [0.05, 0.1) is 0 Å². The molecule has 5 nitrogen and oxygen atoms in total. The Labute approximate surface area is 161 Å². The summed E-state index contributed by atoms with van der Waals surface area (Å²) in [6, 6.07) is 13.2. The van der Waals surface area contributed by atoms with Crippen molar-refractivity contribution in [1.29, 1.82) is 0 Å². The van der Waals surface area contributed by atoms with Crippen LogP contribution in [-0.4, -0.2) is 29.8 Å². The lowest BCUT2D eigenvalue weighted by atomic mass is 10.1. The van der Waals surface area contributed by atoms with Crippen LogP contribution in [0.1, 0.15) is 48.7 Å². The molecule has 2 rings (SSSR count). The lowest BCUT2D eigenvalue weighted by Crippen LogP contribution is -2.22. The summed E-state index contributed by atoms with van der Waals surface area (Å²) in [4.78, 5) is 26.5. The summed E-state index contributed by atoms with van der Waals surface area (Å²) >= 11 is 0. The van der Waals surface area contributed by atoms with Gasteiger partial charge in [0.15, 0.2) is 0 Å². The van der Waals surface area contributed by atoms with Gasteiger partial charge in [0.1, 0.15) is 0 Å². The second kappa shape index (κ2) is 9.88. The predicted octanol–water partition coefficient (Wildman–Crippen LogP) is 4.44. The zero-order chi connectivity index (χ0) is 19.8. The Morgan fingerprint density at radius 2 is 1.59 bits per heavy atom. The summed E-state index contributed by atoms with van der Waals surface area (Å²) in [7, 11) is 0. The molecule has 2 aromatic rings. The average molecular weight is 367 g/mol. The summed E-state index contributed by atoms with van der Waals surface area (Å²) < 4.78 is 0. The quantitative estimate of drug-likeness (QED) is 0.725. The van der Waals surface area contributed by atoms with Gasteiger partial charge in [-0.15, -0.1) is 0 Å². The van der Waals surface area contributed by atoms with Gasteiger partial charge in [0.2, 0.25) is 5.91 Å². The number of benzene rings is 2. The third-order valence-electron chi connectivity index (χ3n) is 4.61. The lowest BCUT2D eigenvalue weighted by molar-refractivity contribution is -0.115. The van der Waals surface area contributed by atoms with Crippen molar-refractivity contribution in [3.63, 3.8) is 0 Å². The molecule has 0 atom stereocenters. The van der Waals surface area contributed by atoms with Gasteiger partial charge in [-0.05, 0) is 55.4 Å². The number of rotatable bonds is 8. The number of amides is 2. The van der Waals surface area contributed by atoms with Gasteiger partial charge >= 0.3 is 0 Å². The number of nitrogens with one attached hydrogen (secondary N) is 2. The van der Waals surface area contributed by atoms with E-state index in [0.29, 0.717) is 23.4 Å². The SMILES string of the molecule is CCC(=O)Nc1ccc(C)c(NC(=O)c2ccc(CN(CC)CC)cc2)c1. The van der Waals surface area contributed by atoms with Crippen LogP contribution in [0, 0.1) is 6.92 Å². The van der Waals surface area contributed by atoms with Crippen LogP contribution < -0.4 is 10.6 Å². The van der Waals surface area contributed by atoms with Crippen molar-refractivity contribution in [3.8, 4) is 0 Å². The molecular weight excluding hydrogens is 338 g/mol. The second-order valence-electron chi connectivity index (χ2n) is 6.54. The molecule has 0 aliphatic carbocycles. The molecule has 0 saturated carbocycles. The van der Waals surface area contributed by atoms with Crippen molar-refractivity contribution in [2.24, 2.45) is 0 Å². The maximum atomic E-state index is 12.6. The third kappa shape index (κ3) is 5.93. The normalized spacial score (nSPS) is 10.7. The van der Waals surface area contributed by atoms with Gasteiger partial charge in [0, 0.05) is 29.9 Å². The van der Waals surface area contributed by atoms with E-state index in [1.165, 1.54) is 5.56 Å². The van der Waals surface area contributed by atoms with E-state index in [4.69, 9.17) is 0 Å². The number of aryl methyl sites for hydroxylation is 1. The Morgan fingerprint density at radius 3 is 2.19 bits per heavy atom. The highest BCUT2D eigenvalue weighted by Gasteiger charge is 2.10. The number of nitrogens with zero attached hydrogens (tertiary/aromatic N) is 1. The Bertz CT molecular complexity index is 781. The van der Waals surface area contributed by atoms with E-state index in [9.17, 15) is 9.59 Å².